The van der Waals surface area contributed by atoms with E-state index in [2.05, 4.69) is 0 Å². The van der Waals surface area contributed by atoms with Crippen LogP contribution in [0.5, 0.6) is 0 Å². The van der Waals surface area contributed by atoms with Crippen LogP contribution in [-0.2, 0) is 0 Å². The normalized spacial score (nSPS) is 19.9. The molecule has 1 aliphatic heterocycles. The van der Waals surface area contributed by atoms with Crippen molar-refractivity contribution in [1.29, 1.82) is 0 Å². The second kappa shape index (κ2) is 5.69. The molecular weight excluding hydrogens is 320 g/mol. The summed E-state index contributed by atoms with van der Waals surface area (Å²) in [5.74, 6) is -2.81. The van der Waals surface area contributed by atoms with E-state index in [9.17, 15) is 17.6 Å². The van der Waals surface area contributed by atoms with Crippen molar-refractivity contribution < 1.29 is 17.6 Å². The number of halogens is 4. The molecule has 1 saturated heterocycles. The molecule has 1 fully saturated rings. The molecule has 24 heavy (non-hydrogen) atoms. The van der Waals surface area contributed by atoms with Crippen LogP contribution in [0.15, 0.2) is 36.4 Å². The zero-order valence-electron chi connectivity index (χ0n) is 13.7. The quantitative estimate of drug-likeness (QED) is 0.733. The van der Waals surface area contributed by atoms with E-state index in [1.54, 1.807) is 20.8 Å². The lowest BCUT2D eigenvalue weighted by Crippen LogP contribution is -2.45. The van der Waals surface area contributed by atoms with E-state index in [0.29, 0.717) is 0 Å². The Hall–Kier alpha value is -2.24. The van der Waals surface area contributed by atoms with Crippen molar-refractivity contribution in [3.63, 3.8) is 0 Å². The maximum atomic E-state index is 14.3. The molecule has 1 heterocycles. The lowest BCUT2D eigenvalue weighted by Gasteiger charge is -2.36. The van der Waals surface area contributed by atoms with Crippen LogP contribution in [0, 0.1) is 23.3 Å². The summed E-state index contributed by atoms with van der Waals surface area (Å²) in [5, 5.41) is 0. The zero-order chi connectivity index (χ0) is 17.6. The van der Waals surface area contributed by atoms with Crippen LogP contribution in [0.2, 0.25) is 0 Å². The van der Waals surface area contributed by atoms with Crippen molar-refractivity contribution in [2.24, 2.45) is 0 Å². The predicted molar refractivity (Wildman–Crippen MR) is 86.1 cm³/mol. The van der Waals surface area contributed by atoms with Crippen LogP contribution >= 0.6 is 0 Å². The number of rotatable bonds is 2. The van der Waals surface area contributed by atoms with Crippen LogP contribution < -0.4 is 9.80 Å². The first-order chi connectivity index (χ1) is 11.2. The summed E-state index contributed by atoms with van der Waals surface area (Å²) in [6, 6.07) is 7.26. The number of hydrogen-bond acceptors (Lipinski definition) is 2. The van der Waals surface area contributed by atoms with Gasteiger partial charge in [-0.25, -0.2) is 17.6 Å². The maximum absolute atomic E-state index is 14.3. The molecular formula is C18H18F4N2. The van der Waals surface area contributed by atoms with Gasteiger partial charge in [0.05, 0.1) is 11.7 Å². The lowest BCUT2D eigenvalue weighted by molar-refractivity contribution is 0.495. The monoisotopic (exact) mass is 338 g/mol. The molecule has 2 aromatic rings. The van der Waals surface area contributed by atoms with Gasteiger partial charge in [0.15, 0.2) is 0 Å². The van der Waals surface area contributed by atoms with Crippen LogP contribution in [0.3, 0.4) is 0 Å². The fourth-order valence-corrected chi connectivity index (χ4v) is 3.51. The minimum atomic E-state index is -0.725. The third kappa shape index (κ3) is 2.50. The Morgan fingerprint density at radius 2 is 1.25 bits per heavy atom. The molecule has 128 valence electrons. The molecule has 0 bridgehead atoms. The third-order valence-electron chi connectivity index (χ3n) is 4.44. The summed E-state index contributed by atoms with van der Waals surface area (Å²) in [7, 11) is 0. The molecule has 1 unspecified atom stereocenters. The molecule has 0 saturated carbocycles. The van der Waals surface area contributed by atoms with Crippen molar-refractivity contribution in [3.05, 3.63) is 59.7 Å². The van der Waals surface area contributed by atoms with E-state index in [-0.39, 0.29) is 17.9 Å². The highest BCUT2D eigenvalue weighted by Crippen LogP contribution is 2.41. The summed E-state index contributed by atoms with van der Waals surface area (Å²) in [4.78, 5) is 3.03. The summed E-state index contributed by atoms with van der Waals surface area (Å²) < 4.78 is 56.9. The highest BCUT2D eigenvalue weighted by atomic mass is 19.1. The number of hydrogen-bond donors (Lipinski definition) is 0. The first-order valence-corrected chi connectivity index (χ1v) is 7.68. The van der Waals surface area contributed by atoms with E-state index in [1.807, 2.05) is 0 Å². The molecule has 1 atom stereocenters. The number of benzene rings is 2. The third-order valence-corrected chi connectivity index (χ3v) is 4.44. The molecule has 0 radical (unpaired) electrons. The Kier molecular flexibility index (Phi) is 3.94. The standard InChI is InChI=1S/C18H18F4N2/c1-11-23(16-12(19)6-4-7-13(16)20)10-18(2,3)24(11)17-14(21)8-5-9-15(17)22/h4-9,11H,10H2,1-3H3. The Morgan fingerprint density at radius 1 is 0.833 bits per heavy atom. The molecule has 0 amide bonds. The van der Waals surface area contributed by atoms with Gasteiger partial charge >= 0.3 is 0 Å². The van der Waals surface area contributed by atoms with Crippen molar-refractivity contribution in [1.82, 2.24) is 0 Å². The Balaban J connectivity index is 2.11. The molecule has 0 N–H and O–H groups in total. The second-order valence-corrected chi connectivity index (χ2v) is 6.58. The van der Waals surface area contributed by atoms with Crippen LogP contribution in [0.25, 0.3) is 0 Å². The van der Waals surface area contributed by atoms with Crippen molar-refractivity contribution in [2.75, 3.05) is 16.3 Å². The summed E-state index contributed by atoms with van der Waals surface area (Å²) in [5.41, 5.74) is -1.09. The van der Waals surface area contributed by atoms with E-state index in [0.717, 1.165) is 0 Å². The first kappa shape index (κ1) is 16.6. The number of nitrogens with zero attached hydrogens (tertiary/aromatic N) is 2. The highest BCUT2D eigenvalue weighted by molar-refractivity contribution is 5.61. The molecule has 0 aromatic heterocycles. The van der Waals surface area contributed by atoms with Gasteiger partial charge in [0.25, 0.3) is 0 Å². The largest absolute Gasteiger partial charge is 0.344 e. The molecule has 2 nitrogen and oxygen atoms in total. The van der Waals surface area contributed by atoms with Crippen molar-refractivity contribution in [2.45, 2.75) is 32.5 Å². The van der Waals surface area contributed by atoms with Gasteiger partial charge in [0.1, 0.15) is 34.6 Å². The molecule has 0 aliphatic carbocycles. The number of anilines is 2. The minimum absolute atomic E-state index is 0.183. The van der Waals surface area contributed by atoms with E-state index in [1.165, 1.54) is 46.2 Å². The van der Waals surface area contributed by atoms with Gasteiger partial charge in [-0.05, 0) is 45.0 Å². The van der Waals surface area contributed by atoms with E-state index in [4.69, 9.17) is 0 Å². The molecule has 0 spiro atoms. The summed E-state index contributed by atoms with van der Waals surface area (Å²) in [6.07, 6.45) is -0.627. The summed E-state index contributed by atoms with van der Waals surface area (Å²) in [6.45, 7) is 5.47. The van der Waals surface area contributed by atoms with Crippen LogP contribution in [0.4, 0.5) is 28.9 Å². The van der Waals surface area contributed by atoms with Crippen LogP contribution in [0.1, 0.15) is 20.8 Å². The molecule has 1 aliphatic rings. The van der Waals surface area contributed by atoms with Gasteiger partial charge in [0.2, 0.25) is 0 Å². The zero-order valence-corrected chi connectivity index (χ0v) is 13.7. The molecule has 3 rings (SSSR count). The van der Waals surface area contributed by atoms with Gasteiger partial charge in [-0.3, -0.25) is 0 Å². The van der Waals surface area contributed by atoms with E-state index >= 15 is 0 Å². The fourth-order valence-electron chi connectivity index (χ4n) is 3.51. The van der Waals surface area contributed by atoms with E-state index < -0.39 is 35.0 Å². The maximum Gasteiger partial charge on any atom is 0.149 e. The SMILES string of the molecule is CC1N(c2c(F)cccc2F)CC(C)(C)N1c1c(F)cccc1F. The van der Waals surface area contributed by atoms with Gasteiger partial charge in [-0.1, -0.05) is 12.1 Å². The second-order valence-electron chi connectivity index (χ2n) is 6.58. The fraction of sp³-hybridized carbons (Fsp3) is 0.333. The first-order valence-electron chi connectivity index (χ1n) is 7.68. The van der Waals surface area contributed by atoms with Crippen LogP contribution in [-0.4, -0.2) is 18.2 Å². The number of para-hydroxylation sites is 2. The van der Waals surface area contributed by atoms with Gasteiger partial charge in [-0.15, -0.1) is 0 Å². The topological polar surface area (TPSA) is 6.48 Å². The average Bonchev–Trinajstić information content (AvgIpc) is 2.70. The average molecular weight is 338 g/mol. The van der Waals surface area contributed by atoms with Gasteiger partial charge < -0.3 is 9.80 Å². The smallest absolute Gasteiger partial charge is 0.149 e. The van der Waals surface area contributed by atoms with Crippen molar-refractivity contribution >= 4 is 11.4 Å². The van der Waals surface area contributed by atoms with Gasteiger partial charge in [-0.2, -0.15) is 0 Å². The van der Waals surface area contributed by atoms with Gasteiger partial charge in [0, 0.05) is 6.54 Å². The minimum Gasteiger partial charge on any atom is -0.344 e. The van der Waals surface area contributed by atoms with Crippen molar-refractivity contribution in [3.8, 4) is 0 Å². The Labute approximate surface area is 138 Å². The lowest BCUT2D eigenvalue weighted by atomic mass is 10.0. The summed E-state index contributed by atoms with van der Waals surface area (Å²) >= 11 is 0. The highest BCUT2D eigenvalue weighted by Gasteiger charge is 2.45. The molecule has 6 heteroatoms. The Morgan fingerprint density at radius 3 is 1.71 bits per heavy atom. The molecule has 2 aromatic carbocycles. The predicted octanol–water partition coefficient (Wildman–Crippen LogP) is 4.69. The Bertz CT molecular complexity index is 735.